The molecular formula is C15H17NO. The molecule has 0 aliphatic carbocycles. The molecule has 0 radical (unpaired) electrons. The lowest BCUT2D eigenvalue weighted by Crippen LogP contribution is -2.12. The molecule has 2 aromatic carbocycles. The van der Waals surface area contributed by atoms with Crippen molar-refractivity contribution in [2.45, 2.75) is 19.9 Å². The molecule has 0 aliphatic rings. The molecule has 0 bridgehead atoms. The minimum absolute atomic E-state index is 0.144. The van der Waals surface area contributed by atoms with E-state index < -0.39 is 0 Å². The molecule has 0 fully saturated rings. The SMILES string of the molecule is Cc1cc(C(N)c2ccccc2)cc(C)c1O. The molecule has 0 saturated heterocycles. The summed E-state index contributed by atoms with van der Waals surface area (Å²) in [4.78, 5) is 0. The second kappa shape index (κ2) is 4.60. The highest BCUT2D eigenvalue weighted by atomic mass is 16.3. The lowest BCUT2D eigenvalue weighted by molar-refractivity contribution is 0.466. The molecule has 3 N–H and O–H groups in total. The Morgan fingerprint density at radius 2 is 1.47 bits per heavy atom. The van der Waals surface area contributed by atoms with Crippen LogP contribution >= 0.6 is 0 Å². The minimum Gasteiger partial charge on any atom is -0.507 e. The number of hydrogen-bond acceptors (Lipinski definition) is 2. The van der Waals surface area contributed by atoms with E-state index in [2.05, 4.69) is 0 Å². The molecule has 0 aliphatic heterocycles. The van der Waals surface area contributed by atoms with E-state index in [9.17, 15) is 5.11 Å². The molecule has 0 aromatic heterocycles. The maximum Gasteiger partial charge on any atom is 0.121 e. The van der Waals surface area contributed by atoms with Crippen molar-refractivity contribution in [1.82, 2.24) is 0 Å². The summed E-state index contributed by atoms with van der Waals surface area (Å²) in [5.41, 5.74) is 10.1. The fourth-order valence-electron chi connectivity index (χ4n) is 2.02. The predicted octanol–water partition coefficient (Wildman–Crippen LogP) is 3.06. The van der Waals surface area contributed by atoms with Crippen LogP contribution in [0.5, 0.6) is 5.75 Å². The van der Waals surface area contributed by atoms with Gasteiger partial charge in [0.2, 0.25) is 0 Å². The van der Waals surface area contributed by atoms with Crippen LogP contribution in [0.2, 0.25) is 0 Å². The van der Waals surface area contributed by atoms with E-state index in [-0.39, 0.29) is 6.04 Å². The number of hydrogen-bond donors (Lipinski definition) is 2. The van der Waals surface area contributed by atoms with Gasteiger partial charge in [-0.2, -0.15) is 0 Å². The third-order valence-electron chi connectivity index (χ3n) is 3.03. The lowest BCUT2D eigenvalue weighted by Gasteiger charge is -2.15. The largest absolute Gasteiger partial charge is 0.507 e. The zero-order valence-corrected chi connectivity index (χ0v) is 10.1. The molecule has 0 spiro atoms. The van der Waals surface area contributed by atoms with Crippen molar-refractivity contribution in [3.05, 3.63) is 64.7 Å². The normalized spacial score (nSPS) is 12.4. The first-order chi connectivity index (χ1) is 8.09. The first-order valence-electron chi connectivity index (χ1n) is 5.70. The zero-order valence-electron chi connectivity index (χ0n) is 10.1. The summed E-state index contributed by atoms with van der Waals surface area (Å²) in [6, 6.07) is 13.7. The highest BCUT2D eigenvalue weighted by Gasteiger charge is 2.11. The summed E-state index contributed by atoms with van der Waals surface area (Å²) < 4.78 is 0. The van der Waals surface area contributed by atoms with Crippen LogP contribution in [0.4, 0.5) is 0 Å². The maximum absolute atomic E-state index is 9.74. The summed E-state index contributed by atoms with van der Waals surface area (Å²) in [5, 5.41) is 9.74. The molecule has 2 nitrogen and oxygen atoms in total. The van der Waals surface area contributed by atoms with Gasteiger partial charge in [0.25, 0.3) is 0 Å². The standard InChI is InChI=1S/C15H17NO/c1-10-8-13(9-11(2)15(10)17)14(16)12-6-4-3-5-7-12/h3-9,14,17H,16H2,1-2H3. The van der Waals surface area contributed by atoms with E-state index in [0.717, 1.165) is 22.3 Å². The van der Waals surface area contributed by atoms with Crippen molar-refractivity contribution >= 4 is 0 Å². The molecule has 17 heavy (non-hydrogen) atoms. The summed E-state index contributed by atoms with van der Waals surface area (Å²) in [6.07, 6.45) is 0. The Bertz CT molecular complexity index is 497. The number of benzene rings is 2. The van der Waals surface area contributed by atoms with Gasteiger partial charge in [-0.05, 0) is 36.1 Å². The van der Waals surface area contributed by atoms with Gasteiger partial charge in [-0.25, -0.2) is 0 Å². The Balaban J connectivity index is 2.41. The Kier molecular flexibility index (Phi) is 3.16. The molecule has 0 heterocycles. The minimum atomic E-state index is -0.144. The average molecular weight is 227 g/mol. The molecule has 0 amide bonds. The topological polar surface area (TPSA) is 46.2 Å². The zero-order chi connectivity index (χ0) is 12.4. The summed E-state index contributed by atoms with van der Waals surface area (Å²) in [6.45, 7) is 3.78. The fraction of sp³-hybridized carbons (Fsp3) is 0.200. The van der Waals surface area contributed by atoms with Crippen LogP contribution in [0.15, 0.2) is 42.5 Å². The molecule has 2 aromatic rings. The summed E-state index contributed by atoms with van der Waals surface area (Å²) >= 11 is 0. The van der Waals surface area contributed by atoms with E-state index in [1.807, 2.05) is 56.3 Å². The van der Waals surface area contributed by atoms with Crippen LogP contribution in [0.1, 0.15) is 28.3 Å². The summed E-state index contributed by atoms with van der Waals surface area (Å²) in [7, 11) is 0. The van der Waals surface area contributed by atoms with Crippen LogP contribution in [-0.2, 0) is 0 Å². The Hall–Kier alpha value is -1.80. The van der Waals surface area contributed by atoms with Crippen LogP contribution in [-0.4, -0.2) is 5.11 Å². The Labute approximate surface area is 102 Å². The highest BCUT2D eigenvalue weighted by molar-refractivity contribution is 5.45. The second-order valence-corrected chi connectivity index (χ2v) is 4.39. The van der Waals surface area contributed by atoms with Crippen LogP contribution in [0.25, 0.3) is 0 Å². The maximum atomic E-state index is 9.74. The predicted molar refractivity (Wildman–Crippen MR) is 70.1 cm³/mol. The number of phenolic OH excluding ortho intramolecular Hbond substituents is 1. The van der Waals surface area contributed by atoms with Gasteiger partial charge in [0, 0.05) is 0 Å². The monoisotopic (exact) mass is 227 g/mol. The Morgan fingerprint density at radius 1 is 0.941 bits per heavy atom. The van der Waals surface area contributed by atoms with Crippen molar-refractivity contribution in [3.63, 3.8) is 0 Å². The third-order valence-corrected chi connectivity index (χ3v) is 3.03. The van der Waals surface area contributed by atoms with E-state index >= 15 is 0 Å². The molecule has 1 unspecified atom stereocenters. The fourth-order valence-corrected chi connectivity index (χ4v) is 2.02. The van der Waals surface area contributed by atoms with Gasteiger partial charge in [-0.3, -0.25) is 0 Å². The molecule has 1 atom stereocenters. The van der Waals surface area contributed by atoms with Gasteiger partial charge in [-0.1, -0.05) is 42.5 Å². The smallest absolute Gasteiger partial charge is 0.121 e. The van der Waals surface area contributed by atoms with E-state index in [4.69, 9.17) is 5.73 Å². The van der Waals surface area contributed by atoms with Crippen molar-refractivity contribution in [2.24, 2.45) is 5.73 Å². The first kappa shape index (κ1) is 11.7. The second-order valence-electron chi connectivity index (χ2n) is 4.39. The van der Waals surface area contributed by atoms with Crippen molar-refractivity contribution < 1.29 is 5.11 Å². The molecular weight excluding hydrogens is 210 g/mol. The molecule has 88 valence electrons. The van der Waals surface area contributed by atoms with Crippen LogP contribution in [0.3, 0.4) is 0 Å². The van der Waals surface area contributed by atoms with Crippen molar-refractivity contribution in [3.8, 4) is 5.75 Å². The van der Waals surface area contributed by atoms with Gasteiger partial charge in [0.05, 0.1) is 6.04 Å². The lowest BCUT2D eigenvalue weighted by atomic mass is 9.96. The quantitative estimate of drug-likeness (QED) is 0.828. The highest BCUT2D eigenvalue weighted by Crippen LogP contribution is 2.27. The number of aromatic hydroxyl groups is 1. The number of phenols is 1. The van der Waals surface area contributed by atoms with E-state index in [1.54, 1.807) is 0 Å². The van der Waals surface area contributed by atoms with Crippen LogP contribution < -0.4 is 5.73 Å². The van der Waals surface area contributed by atoms with E-state index in [0.29, 0.717) is 5.75 Å². The van der Waals surface area contributed by atoms with Gasteiger partial charge in [-0.15, -0.1) is 0 Å². The molecule has 2 heteroatoms. The number of aryl methyl sites for hydroxylation is 2. The average Bonchev–Trinajstić information content (AvgIpc) is 2.35. The number of rotatable bonds is 2. The third kappa shape index (κ3) is 2.32. The summed E-state index contributed by atoms with van der Waals surface area (Å²) in [5.74, 6) is 0.356. The van der Waals surface area contributed by atoms with Gasteiger partial charge in [0.15, 0.2) is 0 Å². The Morgan fingerprint density at radius 3 is 2.00 bits per heavy atom. The van der Waals surface area contributed by atoms with E-state index in [1.165, 1.54) is 0 Å². The van der Waals surface area contributed by atoms with Crippen LogP contribution in [0, 0.1) is 13.8 Å². The molecule has 2 rings (SSSR count). The van der Waals surface area contributed by atoms with Crippen molar-refractivity contribution in [2.75, 3.05) is 0 Å². The van der Waals surface area contributed by atoms with Crippen molar-refractivity contribution in [1.29, 1.82) is 0 Å². The van der Waals surface area contributed by atoms with Gasteiger partial charge >= 0.3 is 0 Å². The van der Waals surface area contributed by atoms with Gasteiger partial charge < -0.3 is 10.8 Å². The molecule has 0 saturated carbocycles. The first-order valence-corrected chi connectivity index (χ1v) is 5.70. The number of nitrogens with two attached hydrogens (primary N) is 1. The van der Waals surface area contributed by atoms with Gasteiger partial charge in [0.1, 0.15) is 5.75 Å².